The molecule has 0 bridgehead atoms. The normalized spacial score (nSPS) is 14.6. The van der Waals surface area contributed by atoms with Gasteiger partial charge in [-0.25, -0.2) is 4.68 Å². The van der Waals surface area contributed by atoms with E-state index in [-0.39, 0.29) is 6.10 Å². The van der Waals surface area contributed by atoms with E-state index in [0.717, 1.165) is 41.4 Å². The fraction of sp³-hybridized carbons (Fsp3) is 0.364. The van der Waals surface area contributed by atoms with Gasteiger partial charge in [-0.05, 0) is 74.2 Å². The van der Waals surface area contributed by atoms with Crippen molar-refractivity contribution in [3.05, 3.63) is 48.5 Å². The summed E-state index contributed by atoms with van der Waals surface area (Å²) in [6, 6.07) is 16.0. The van der Waals surface area contributed by atoms with E-state index in [1.54, 1.807) is 14.2 Å². The molecule has 0 radical (unpaired) electrons. The third kappa shape index (κ3) is 3.96. The third-order valence-electron chi connectivity index (χ3n) is 5.08. The Morgan fingerprint density at radius 2 is 1.43 bits per heavy atom. The summed E-state index contributed by atoms with van der Waals surface area (Å²) < 4.78 is 18.5. The van der Waals surface area contributed by atoms with Crippen LogP contribution in [-0.4, -0.2) is 35.1 Å². The maximum Gasteiger partial charge on any atom is 0.336 e. The van der Waals surface area contributed by atoms with Crippen LogP contribution >= 0.6 is 0 Å². The molecular weight excluding hydrogens is 354 g/mol. The van der Waals surface area contributed by atoms with Gasteiger partial charge in [-0.3, -0.25) is 0 Å². The molecule has 0 aliphatic heterocycles. The molecule has 28 heavy (non-hydrogen) atoms. The van der Waals surface area contributed by atoms with Crippen molar-refractivity contribution in [1.82, 2.24) is 14.8 Å². The Balaban J connectivity index is 1.70. The first-order valence-corrected chi connectivity index (χ1v) is 9.69. The van der Waals surface area contributed by atoms with E-state index >= 15 is 0 Å². The number of methoxy groups -OCH3 is 2. The van der Waals surface area contributed by atoms with E-state index in [1.807, 2.05) is 53.2 Å². The summed E-state index contributed by atoms with van der Waals surface area (Å²) in [6.07, 6.45) is 6.02. The van der Waals surface area contributed by atoms with Gasteiger partial charge >= 0.3 is 6.01 Å². The minimum absolute atomic E-state index is 0.198. The number of benzene rings is 2. The lowest BCUT2D eigenvalue weighted by molar-refractivity contribution is 0.142. The Hall–Kier alpha value is -3.02. The Morgan fingerprint density at radius 1 is 0.821 bits per heavy atom. The SMILES string of the molecule is COc1ccc(-c2nc(OC3CCCCC3)nn2-c2ccc(OC)cc2)cc1. The molecule has 2 aromatic carbocycles. The lowest BCUT2D eigenvalue weighted by Gasteiger charge is -2.20. The quantitative estimate of drug-likeness (QED) is 0.623. The minimum atomic E-state index is 0.198. The van der Waals surface area contributed by atoms with Crippen molar-refractivity contribution >= 4 is 0 Å². The van der Waals surface area contributed by atoms with Crippen molar-refractivity contribution in [2.45, 2.75) is 38.2 Å². The van der Waals surface area contributed by atoms with Crippen molar-refractivity contribution in [3.8, 4) is 34.6 Å². The molecule has 4 rings (SSSR count). The Labute approximate surface area is 165 Å². The highest BCUT2D eigenvalue weighted by molar-refractivity contribution is 5.59. The molecule has 1 aliphatic rings. The van der Waals surface area contributed by atoms with Crippen LogP contribution in [0.15, 0.2) is 48.5 Å². The predicted octanol–water partition coefficient (Wildman–Crippen LogP) is 4.66. The van der Waals surface area contributed by atoms with Crippen molar-refractivity contribution in [1.29, 1.82) is 0 Å². The summed E-state index contributed by atoms with van der Waals surface area (Å²) in [4.78, 5) is 4.71. The first kappa shape index (κ1) is 18.3. The maximum absolute atomic E-state index is 6.12. The molecule has 1 fully saturated rings. The Morgan fingerprint density at radius 3 is 2.04 bits per heavy atom. The van der Waals surface area contributed by atoms with Gasteiger partial charge in [-0.2, -0.15) is 4.98 Å². The van der Waals surface area contributed by atoms with Crippen LogP contribution in [0.2, 0.25) is 0 Å². The van der Waals surface area contributed by atoms with Gasteiger partial charge in [0.1, 0.15) is 17.6 Å². The van der Waals surface area contributed by atoms with E-state index in [9.17, 15) is 0 Å². The minimum Gasteiger partial charge on any atom is -0.497 e. The third-order valence-corrected chi connectivity index (χ3v) is 5.08. The first-order valence-electron chi connectivity index (χ1n) is 9.69. The van der Waals surface area contributed by atoms with Crippen LogP contribution in [0.4, 0.5) is 0 Å². The second kappa shape index (κ2) is 8.33. The summed E-state index contributed by atoms with van der Waals surface area (Å²) in [5.41, 5.74) is 1.85. The highest BCUT2D eigenvalue weighted by Gasteiger charge is 2.20. The average molecular weight is 379 g/mol. The highest BCUT2D eigenvalue weighted by Crippen LogP contribution is 2.28. The zero-order chi connectivity index (χ0) is 19.3. The lowest BCUT2D eigenvalue weighted by Crippen LogP contribution is -2.20. The van der Waals surface area contributed by atoms with Gasteiger partial charge in [-0.1, -0.05) is 6.42 Å². The number of ether oxygens (including phenoxy) is 3. The molecule has 1 aliphatic carbocycles. The Kier molecular flexibility index (Phi) is 5.46. The van der Waals surface area contributed by atoms with Gasteiger partial charge in [0.25, 0.3) is 0 Å². The van der Waals surface area contributed by atoms with E-state index in [0.29, 0.717) is 6.01 Å². The van der Waals surface area contributed by atoms with Crippen LogP contribution in [0.5, 0.6) is 17.5 Å². The molecule has 0 atom stereocenters. The number of rotatable bonds is 6. The number of hydrogen-bond acceptors (Lipinski definition) is 5. The summed E-state index contributed by atoms with van der Waals surface area (Å²) in [7, 11) is 3.31. The highest BCUT2D eigenvalue weighted by atomic mass is 16.5. The first-order chi connectivity index (χ1) is 13.8. The largest absolute Gasteiger partial charge is 0.497 e. The van der Waals surface area contributed by atoms with Crippen LogP contribution in [0.3, 0.4) is 0 Å². The summed E-state index contributed by atoms with van der Waals surface area (Å²) in [6.45, 7) is 0. The van der Waals surface area contributed by atoms with Crippen LogP contribution < -0.4 is 14.2 Å². The predicted molar refractivity (Wildman–Crippen MR) is 107 cm³/mol. The monoisotopic (exact) mass is 379 g/mol. The van der Waals surface area contributed by atoms with Crippen molar-refractivity contribution < 1.29 is 14.2 Å². The molecular formula is C22H25N3O3. The van der Waals surface area contributed by atoms with E-state index < -0.39 is 0 Å². The van der Waals surface area contributed by atoms with Gasteiger partial charge in [0.2, 0.25) is 0 Å². The van der Waals surface area contributed by atoms with E-state index in [4.69, 9.17) is 19.2 Å². The molecule has 1 saturated carbocycles. The molecule has 0 spiro atoms. The molecule has 0 amide bonds. The maximum atomic E-state index is 6.12. The summed E-state index contributed by atoms with van der Waals surface area (Å²) in [5.74, 6) is 2.34. The fourth-order valence-corrected chi connectivity index (χ4v) is 3.51. The smallest absolute Gasteiger partial charge is 0.336 e. The van der Waals surface area contributed by atoms with Crippen LogP contribution in [0.25, 0.3) is 17.1 Å². The van der Waals surface area contributed by atoms with Crippen molar-refractivity contribution in [2.75, 3.05) is 14.2 Å². The van der Waals surface area contributed by atoms with Crippen molar-refractivity contribution in [2.24, 2.45) is 0 Å². The Bertz CT molecular complexity index is 833. The zero-order valence-corrected chi connectivity index (χ0v) is 16.3. The second-order valence-electron chi connectivity index (χ2n) is 6.93. The molecule has 6 heteroatoms. The molecule has 146 valence electrons. The van der Waals surface area contributed by atoms with Crippen LogP contribution in [0, 0.1) is 0 Å². The molecule has 6 nitrogen and oxygen atoms in total. The molecule has 3 aromatic rings. The van der Waals surface area contributed by atoms with Crippen molar-refractivity contribution in [3.63, 3.8) is 0 Å². The fourth-order valence-electron chi connectivity index (χ4n) is 3.51. The van der Waals surface area contributed by atoms with Gasteiger partial charge < -0.3 is 14.2 Å². The lowest BCUT2D eigenvalue weighted by atomic mass is 9.98. The molecule has 1 heterocycles. The second-order valence-corrected chi connectivity index (χ2v) is 6.93. The van der Waals surface area contributed by atoms with E-state index in [2.05, 4.69) is 5.10 Å². The van der Waals surface area contributed by atoms with Gasteiger partial charge in [0.15, 0.2) is 5.82 Å². The van der Waals surface area contributed by atoms with Crippen LogP contribution in [0.1, 0.15) is 32.1 Å². The molecule has 0 saturated heterocycles. The topological polar surface area (TPSA) is 58.4 Å². The van der Waals surface area contributed by atoms with Gasteiger partial charge in [0, 0.05) is 5.56 Å². The molecule has 0 N–H and O–H groups in total. The summed E-state index contributed by atoms with van der Waals surface area (Å²) in [5, 5.41) is 4.66. The van der Waals surface area contributed by atoms with E-state index in [1.165, 1.54) is 19.3 Å². The molecule has 0 unspecified atom stereocenters. The summed E-state index contributed by atoms with van der Waals surface area (Å²) >= 11 is 0. The van der Waals surface area contributed by atoms with Crippen LogP contribution in [-0.2, 0) is 0 Å². The average Bonchev–Trinajstić information content (AvgIpc) is 3.18. The number of aromatic nitrogens is 3. The number of hydrogen-bond donors (Lipinski definition) is 0. The molecule has 1 aromatic heterocycles. The van der Waals surface area contributed by atoms with Gasteiger partial charge in [0.05, 0.1) is 19.9 Å². The van der Waals surface area contributed by atoms with Gasteiger partial charge in [-0.15, -0.1) is 5.10 Å². The zero-order valence-electron chi connectivity index (χ0n) is 16.3. The number of nitrogens with zero attached hydrogens (tertiary/aromatic N) is 3. The standard InChI is InChI=1S/C22H25N3O3/c1-26-18-12-8-16(9-13-18)21-23-22(28-20-6-4-3-5-7-20)24-25(21)17-10-14-19(27-2)15-11-17/h8-15,20H,3-7H2,1-2H3.